The highest BCUT2D eigenvalue weighted by Crippen LogP contribution is 2.39. The maximum Gasteiger partial charge on any atom is 0.203 e. The Morgan fingerprint density at radius 3 is 1.57 bits per heavy atom. The normalized spacial score (nSPS) is 10.2. The molecule has 0 bridgehead atoms. The molecule has 2 aromatic rings. The van der Waals surface area contributed by atoms with E-state index in [4.69, 9.17) is 28.4 Å². The van der Waals surface area contributed by atoms with Crippen LogP contribution in [0.15, 0.2) is 24.3 Å². The molecule has 28 heavy (non-hydrogen) atoms. The molecular formula is C21H26O7. The number of ketones is 1. The molecule has 7 heteroatoms. The Balaban J connectivity index is 2.30. The van der Waals surface area contributed by atoms with Crippen LogP contribution in [0.5, 0.6) is 34.5 Å². The van der Waals surface area contributed by atoms with Crippen LogP contribution in [0, 0.1) is 0 Å². The molecule has 0 aliphatic rings. The highest BCUT2D eigenvalue weighted by molar-refractivity contribution is 5.97. The van der Waals surface area contributed by atoms with E-state index in [-0.39, 0.29) is 12.2 Å². The second-order valence-corrected chi connectivity index (χ2v) is 5.85. The van der Waals surface area contributed by atoms with E-state index in [1.54, 1.807) is 45.6 Å². The summed E-state index contributed by atoms with van der Waals surface area (Å²) in [6, 6.07) is 6.82. The number of ether oxygens (including phenoxy) is 6. The van der Waals surface area contributed by atoms with Gasteiger partial charge in [0.25, 0.3) is 0 Å². The molecule has 0 aliphatic heterocycles. The van der Waals surface area contributed by atoms with Gasteiger partial charge in [-0.1, -0.05) is 0 Å². The van der Waals surface area contributed by atoms with Crippen LogP contribution in [0.1, 0.15) is 22.3 Å². The summed E-state index contributed by atoms with van der Waals surface area (Å²) in [7, 11) is 9.25. The number of carbonyl (C=O) groups is 1. The molecule has 2 aromatic carbocycles. The molecule has 0 radical (unpaired) electrons. The second kappa shape index (κ2) is 9.73. The Hall–Kier alpha value is -3.09. The molecule has 2 rings (SSSR count). The van der Waals surface area contributed by atoms with Gasteiger partial charge < -0.3 is 28.4 Å². The zero-order valence-corrected chi connectivity index (χ0v) is 17.1. The van der Waals surface area contributed by atoms with Crippen molar-refractivity contribution < 1.29 is 33.2 Å². The topological polar surface area (TPSA) is 72.5 Å². The highest BCUT2D eigenvalue weighted by Gasteiger charge is 2.19. The van der Waals surface area contributed by atoms with Crippen LogP contribution in [0.4, 0.5) is 0 Å². The van der Waals surface area contributed by atoms with Gasteiger partial charge in [-0.05, 0) is 18.6 Å². The summed E-state index contributed by atoms with van der Waals surface area (Å²) in [6.07, 6.45) is 0.684. The number of Topliss-reactive ketones (excluding diaryl/α,β-unsaturated/α-hetero) is 1. The molecule has 0 unspecified atom stereocenters. The minimum absolute atomic E-state index is 0.0702. The SMILES string of the molecule is COc1cc(OC)c(CCC(=O)c2cc(OC)c(OC)c(OC)c2)c(OC)c1. The van der Waals surface area contributed by atoms with Crippen LogP contribution in [0.3, 0.4) is 0 Å². The van der Waals surface area contributed by atoms with Gasteiger partial charge in [0.2, 0.25) is 5.75 Å². The molecule has 0 fully saturated rings. The molecule has 0 amide bonds. The molecule has 0 atom stereocenters. The lowest BCUT2D eigenvalue weighted by Crippen LogP contribution is -2.06. The Morgan fingerprint density at radius 1 is 0.679 bits per heavy atom. The molecule has 0 heterocycles. The Morgan fingerprint density at radius 2 is 1.18 bits per heavy atom. The summed E-state index contributed by atoms with van der Waals surface area (Å²) in [5, 5.41) is 0. The van der Waals surface area contributed by atoms with Crippen LogP contribution < -0.4 is 28.4 Å². The van der Waals surface area contributed by atoms with Gasteiger partial charge in [-0.15, -0.1) is 0 Å². The van der Waals surface area contributed by atoms with Gasteiger partial charge in [0.1, 0.15) is 17.2 Å². The fraction of sp³-hybridized carbons (Fsp3) is 0.381. The first-order chi connectivity index (χ1) is 13.5. The largest absolute Gasteiger partial charge is 0.496 e. The van der Waals surface area contributed by atoms with Crippen LogP contribution in [0.25, 0.3) is 0 Å². The van der Waals surface area contributed by atoms with Gasteiger partial charge in [0.05, 0.1) is 42.7 Å². The van der Waals surface area contributed by atoms with Crippen LogP contribution in [-0.4, -0.2) is 48.4 Å². The second-order valence-electron chi connectivity index (χ2n) is 5.85. The van der Waals surface area contributed by atoms with Crippen molar-refractivity contribution in [2.45, 2.75) is 12.8 Å². The summed E-state index contributed by atoms with van der Waals surface area (Å²) in [5.41, 5.74) is 1.27. The van der Waals surface area contributed by atoms with Gasteiger partial charge in [0, 0.05) is 29.7 Å². The fourth-order valence-corrected chi connectivity index (χ4v) is 2.95. The Labute approximate surface area is 165 Å². The third kappa shape index (κ3) is 4.42. The monoisotopic (exact) mass is 390 g/mol. The number of hydrogen-bond acceptors (Lipinski definition) is 7. The predicted molar refractivity (Wildman–Crippen MR) is 105 cm³/mol. The molecule has 152 valence electrons. The standard InChI is InChI=1S/C21H26O7/c1-23-14-11-17(24-2)15(18(12-14)25-3)7-8-16(22)13-9-19(26-4)21(28-6)20(10-13)27-5/h9-12H,7-8H2,1-6H3. The third-order valence-corrected chi connectivity index (χ3v) is 4.41. The minimum Gasteiger partial charge on any atom is -0.496 e. The number of rotatable bonds is 10. The van der Waals surface area contributed by atoms with E-state index in [0.29, 0.717) is 46.5 Å². The molecule has 0 aromatic heterocycles. The van der Waals surface area contributed by atoms with E-state index in [9.17, 15) is 4.79 Å². The van der Waals surface area contributed by atoms with Crippen LogP contribution in [0.2, 0.25) is 0 Å². The Bertz CT molecular complexity index is 779. The molecule has 7 nitrogen and oxygen atoms in total. The minimum atomic E-state index is -0.0702. The summed E-state index contributed by atoms with van der Waals surface area (Å²) < 4.78 is 32.1. The zero-order chi connectivity index (χ0) is 20.7. The van der Waals surface area contributed by atoms with E-state index in [2.05, 4.69) is 0 Å². The molecule has 0 aliphatic carbocycles. The molecule has 0 saturated heterocycles. The van der Waals surface area contributed by atoms with Crippen molar-refractivity contribution in [2.75, 3.05) is 42.7 Å². The van der Waals surface area contributed by atoms with Crippen LogP contribution >= 0.6 is 0 Å². The van der Waals surface area contributed by atoms with Gasteiger partial charge in [0.15, 0.2) is 17.3 Å². The quantitative estimate of drug-likeness (QED) is 0.575. The molecule has 0 spiro atoms. The molecule has 0 N–H and O–H groups in total. The van der Waals surface area contributed by atoms with E-state index in [1.165, 1.54) is 21.3 Å². The van der Waals surface area contributed by atoms with Crippen molar-refractivity contribution >= 4 is 5.78 Å². The van der Waals surface area contributed by atoms with Gasteiger partial charge in [-0.25, -0.2) is 0 Å². The van der Waals surface area contributed by atoms with E-state index >= 15 is 0 Å². The van der Waals surface area contributed by atoms with Crippen LogP contribution in [-0.2, 0) is 6.42 Å². The molecule has 0 saturated carbocycles. The maximum atomic E-state index is 12.8. The van der Waals surface area contributed by atoms with Crippen molar-refractivity contribution in [3.8, 4) is 34.5 Å². The van der Waals surface area contributed by atoms with Gasteiger partial charge in [-0.3, -0.25) is 4.79 Å². The van der Waals surface area contributed by atoms with E-state index in [0.717, 1.165) is 5.56 Å². The third-order valence-electron chi connectivity index (χ3n) is 4.41. The fourth-order valence-electron chi connectivity index (χ4n) is 2.95. The van der Waals surface area contributed by atoms with E-state index in [1.807, 2.05) is 0 Å². The first-order valence-electron chi connectivity index (χ1n) is 8.64. The smallest absolute Gasteiger partial charge is 0.203 e. The average Bonchev–Trinajstić information content (AvgIpc) is 2.75. The first kappa shape index (κ1) is 21.2. The molecular weight excluding hydrogens is 364 g/mol. The lowest BCUT2D eigenvalue weighted by atomic mass is 10.0. The maximum absolute atomic E-state index is 12.8. The van der Waals surface area contributed by atoms with Crippen molar-refractivity contribution in [1.29, 1.82) is 0 Å². The van der Waals surface area contributed by atoms with Gasteiger partial charge >= 0.3 is 0 Å². The lowest BCUT2D eigenvalue weighted by molar-refractivity contribution is 0.0981. The first-order valence-corrected chi connectivity index (χ1v) is 8.64. The number of hydrogen-bond donors (Lipinski definition) is 0. The summed E-state index contributed by atoms with van der Waals surface area (Å²) in [5.74, 6) is 3.07. The average molecular weight is 390 g/mol. The van der Waals surface area contributed by atoms with Crippen molar-refractivity contribution in [3.05, 3.63) is 35.4 Å². The van der Waals surface area contributed by atoms with Crippen molar-refractivity contribution in [3.63, 3.8) is 0 Å². The summed E-state index contributed by atoms with van der Waals surface area (Å²) >= 11 is 0. The summed E-state index contributed by atoms with van der Waals surface area (Å²) in [6.45, 7) is 0. The number of carbonyl (C=O) groups excluding carboxylic acids is 1. The van der Waals surface area contributed by atoms with Crippen molar-refractivity contribution in [2.24, 2.45) is 0 Å². The zero-order valence-electron chi connectivity index (χ0n) is 17.1. The number of methoxy groups -OCH3 is 6. The van der Waals surface area contributed by atoms with Gasteiger partial charge in [-0.2, -0.15) is 0 Å². The lowest BCUT2D eigenvalue weighted by Gasteiger charge is -2.16. The van der Waals surface area contributed by atoms with Crippen molar-refractivity contribution in [1.82, 2.24) is 0 Å². The number of benzene rings is 2. The van der Waals surface area contributed by atoms with E-state index < -0.39 is 0 Å². The predicted octanol–water partition coefficient (Wildman–Crippen LogP) is 3.55. The Kier molecular flexibility index (Phi) is 7.37. The summed E-state index contributed by atoms with van der Waals surface area (Å²) in [4.78, 5) is 12.8. The highest BCUT2D eigenvalue weighted by atomic mass is 16.5.